The third kappa shape index (κ3) is 3.96. The molecule has 0 radical (unpaired) electrons. The molecule has 1 saturated heterocycles. The van der Waals surface area contributed by atoms with E-state index in [4.69, 9.17) is 4.74 Å². The Morgan fingerprint density at radius 2 is 1.96 bits per heavy atom. The van der Waals surface area contributed by atoms with E-state index >= 15 is 0 Å². The molecule has 2 aromatic rings. The molecule has 0 aromatic carbocycles. The Balaban J connectivity index is 1.40. The van der Waals surface area contributed by atoms with Crippen molar-refractivity contribution in [1.29, 1.82) is 0 Å². The lowest BCUT2D eigenvalue weighted by atomic mass is 10.1. The Hall–Kier alpha value is -2.84. The van der Waals surface area contributed by atoms with E-state index in [2.05, 4.69) is 25.6 Å². The van der Waals surface area contributed by atoms with E-state index in [9.17, 15) is 9.59 Å². The van der Waals surface area contributed by atoms with E-state index in [-0.39, 0.29) is 17.9 Å². The number of amides is 2. The van der Waals surface area contributed by atoms with E-state index in [1.165, 1.54) is 0 Å². The Bertz CT molecular complexity index is 877. The third-order valence-corrected chi connectivity index (χ3v) is 4.45. The zero-order valence-electron chi connectivity index (χ0n) is 15.7. The fourth-order valence-corrected chi connectivity index (χ4v) is 2.97. The Morgan fingerprint density at radius 3 is 2.63 bits per heavy atom. The van der Waals surface area contributed by atoms with Crippen molar-refractivity contribution in [3.05, 3.63) is 18.2 Å². The number of aromatic nitrogens is 3. The van der Waals surface area contributed by atoms with Crippen LogP contribution < -0.4 is 15.5 Å². The number of nitrogens with one attached hydrogen (secondary N) is 2. The average Bonchev–Trinajstić information content (AvgIpc) is 3.29. The Morgan fingerprint density at radius 1 is 1.22 bits per heavy atom. The maximum Gasteiger partial charge on any atom is 0.407 e. The molecule has 27 heavy (non-hydrogen) atoms. The molecular formula is C18H24N6O3. The maximum atomic E-state index is 11.9. The number of rotatable bonds is 4. The van der Waals surface area contributed by atoms with Gasteiger partial charge < -0.3 is 15.0 Å². The molecule has 1 aliphatic heterocycles. The molecule has 2 aliphatic rings. The molecule has 1 saturated carbocycles. The summed E-state index contributed by atoms with van der Waals surface area (Å²) in [7, 11) is 0. The van der Waals surface area contributed by atoms with E-state index < -0.39 is 11.7 Å². The van der Waals surface area contributed by atoms with E-state index in [1.54, 1.807) is 4.52 Å². The van der Waals surface area contributed by atoms with Gasteiger partial charge >= 0.3 is 6.09 Å². The van der Waals surface area contributed by atoms with Crippen molar-refractivity contribution in [3.8, 4) is 0 Å². The number of carbonyl (C=O) groups excluding carboxylic acids is 2. The summed E-state index contributed by atoms with van der Waals surface area (Å²) in [4.78, 5) is 30.3. The first-order valence-electron chi connectivity index (χ1n) is 9.19. The number of fused-ring (bicyclic) bond motifs is 1. The van der Waals surface area contributed by atoms with Crippen molar-refractivity contribution < 1.29 is 14.3 Å². The lowest BCUT2D eigenvalue weighted by molar-refractivity contribution is -0.117. The summed E-state index contributed by atoms with van der Waals surface area (Å²) in [6.45, 7) is 6.82. The lowest BCUT2D eigenvalue weighted by Crippen LogP contribution is -2.60. The van der Waals surface area contributed by atoms with Crippen LogP contribution >= 0.6 is 0 Å². The maximum absolute atomic E-state index is 11.9. The molecule has 4 rings (SSSR count). The highest BCUT2D eigenvalue weighted by molar-refractivity contribution is 5.92. The van der Waals surface area contributed by atoms with Gasteiger partial charge in [-0.05, 0) is 45.7 Å². The second kappa shape index (κ2) is 6.40. The first kappa shape index (κ1) is 17.6. The van der Waals surface area contributed by atoms with Crippen LogP contribution in [0.15, 0.2) is 18.2 Å². The summed E-state index contributed by atoms with van der Waals surface area (Å²) in [6.07, 6.45) is 1.46. The fourth-order valence-electron chi connectivity index (χ4n) is 2.97. The van der Waals surface area contributed by atoms with Crippen molar-refractivity contribution in [3.63, 3.8) is 0 Å². The van der Waals surface area contributed by atoms with Crippen LogP contribution in [-0.4, -0.2) is 51.3 Å². The zero-order valence-corrected chi connectivity index (χ0v) is 15.7. The van der Waals surface area contributed by atoms with Crippen LogP contribution in [0.25, 0.3) is 5.65 Å². The van der Waals surface area contributed by atoms with E-state index in [0.29, 0.717) is 24.7 Å². The van der Waals surface area contributed by atoms with Gasteiger partial charge in [0.15, 0.2) is 5.65 Å². The molecule has 0 spiro atoms. The minimum atomic E-state index is -0.513. The molecule has 9 heteroatoms. The number of ether oxygens (including phenoxy) is 1. The van der Waals surface area contributed by atoms with Gasteiger partial charge in [-0.15, -0.1) is 5.10 Å². The van der Waals surface area contributed by atoms with Gasteiger partial charge in [-0.3, -0.25) is 10.1 Å². The SMILES string of the molecule is CC(C)(C)OC(=O)NC1CN(c2cccc3nc(NC(=O)C4CC4)nn23)C1. The summed E-state index contributed by atoms with van der Waals surface area (Å²) in [6, 6.07) is 5.71. The second-order valence-corrected chi connectivity index (χ2v) is 8.10. The molecule has 144 valence electrons. The fraction of sp³-hybridized carbons (Fsp3) is 0.556. The molecule has 9 nitrogen and oxygen atoms in total. The van der Waals surface area contributed by atoms with Crippen LogP contribution in [0.1, 0.15) is 33.6 Å². The van der Waals surface area contributed by atoms with E-state index in [0.717, 1.165) is 18.7 Å². The highest BCUT2D eigenvalue weighted by Gasteiger charge is 2.32. The van der Waals surface area contributed by atoms with Gasteiger partial charge in [-0.2, -0.15) is 9.50 Å². The highest BCUT2D eigenvalue weighted by atomic mass is 16.6. The average molecular weight is 372 g/mol. The second-order valence-electron chi connectivity index (χ2n) is 8.10. The van der Waals surface area contributed by atoms with Crippen LogP contribution in [0, 0.1) is 5.92 Å². The van der Waals surface area contributed by atoms with Crippen molar-refractivity contribution in [2.75, 3.05) is 23.3 Å². The van der Waals surface area contributed by atoms with Crippen molar-refractivity contribution >= 4 is 29.4 Å². The number of carbonyl (C=O) groups is 2. The molecule has 3 heterocycles. The van der Waals surface area contributed by atoms with Crippen LogP contribution in [0.2, 0.25) is 0 Å². The molecule has 0 unspecified atom stereocenters. The smallest absolute Gasteiger partial charge is 0.407 e. The summed E-state index contributed by atoms with van der Waals surface area (Å²) in [5.41, 5.74) is 0.156. The van der Waals surface area contributed by atoms with Crippen LogP contribution in [0.3, 0.4) is 0 Å². The van der Waals surface area contributed by atoms with Gasteiger partial charge in [0.05, 0.1) is 6.04 Å². The van der Waals surface area contributed by atoms with Crippen molar-refractivity contribution in [1.82, 2.24) is 19.9 Å². The van der Waals surface area contributed by atoms with Crippen LogP contribution in [0.4, 0.5) is 16.6 Å². The molecule has 2 fully saturated rings. The van der Waals surface area contributed by atoms with Gasteiger partial charge in [0, 0.05) is 19.0 Å². The van der Waals surface area contributed by atoms with Crippen molar-refractivity contribution in [2.24, 2.45) is 5.92 Å². The number of hydrogen-bond acceptors (Lipinski definition) is 6. The Kier molecular flexibility index (Phi) is 4.16. The standard InChI is InChI=1S/C18H24N6O3/c1-18(2,3)27-17(26)19-12-9-23(10-12)14-6-4-5-13-20-16(22-24(13)14)21-15(25)11-7-8-11/h4-6,11-12H,7-10H2,1-3H3,(H,19,26)(H,21,22,25). The minimum absolute atomic E-state index is 0.0157. The third-order valence-electron chi connectivity index (χ3n) is 4.45. The zero-order chi connectivity index (χ0) is 19.2. The molecule has 2 N–H and O–H groups in total. The number of anilines is 2. The topological polar surface area (TPSA) is 101 Å². The molecule has 2 aromatic heterocycles. The van der Waals surface area contributed by atoms with Crippen LogP contribution in [0.5, 0.6) is 0 Å². The predicted molar refractivity (Wildman–Crippen MR) is 99.7 cm³/mol. The monoisotopic (exact) mass is 372 g/mol. The number of hydrogen-bond donors (Lipinski definition) is 2. The lowest BCUT2D eigenvalue weighted by Gasteiger charge is -2.40. The number of alkyl carbamates (subject to hydrolysis) is 1. The van der Waals surface area contributed by atoms with Crippen molar-refractivity contribution in [2.45, 2.75) is 45.3 Å². The summed E-state index contributed by atoms with van der Waals surface area (Å²) >= 11 is 0. The van der Waals surface area contributed by atoms with Gasteiger partial charge in [-0.1, -0.05) is 6.07 Å². The first-order chi connectivity index (χ1) is 12.8. The summed E-state index contributed by atoms with van der Waals surface area (Å²) in [5.74, 6) is 1.28. The van der Waals surface area contributed by atoms with Gasteiger partial charge in [0.1, 0.15) is 11.4 Å². The Labute approximate surface area is 157 Å². The molecular weight excluding hydrogens is 348 g/mol. The molecule has 2 amide bonds. The largest absolute Gasteiger partial charge is 0.444 e. The summed E-state index contributed by atoms with van der Waals surface area (Å²) in [5, 5.41) is 10.1. The number of pyridine rings is 1. The molecule has 0 atom stereocenters. The first-order valence-corrected chi connectivity index (χ1v) is 9.19. The van der Waals surface area contributed by atoms with Crippen LogP contribution in [-0.2, 0) is 9.53 Å². The van der Waals surface area contributed by atoms with Gasteiger partial charge in [0.2, 0.25) is 11.9 Å². The quantitative estimate of drug-likeness (QED) is 0.849. The minimum Gasteiger partial charge on any atom is -0.444 e. The highest BCUT2D eigenvalue weighted by Crippen LogP contribution is 2.30. The molecule has 0 bridgehead atoms. The molecule has 1 aliphatic carbocycles. The van der Waals surface area contributed by atoms with E-state index in [1.807, 2.05) is 39.0 Å². The predicted octanol–water partition coefficient (Wildman–Crippen LogP) is 1.79. The number of nitrogens with zero attached hydrogens (tertiary/aromatic N) is 4. The summed E-state index contributed by atoms with van der Waals surface area (Å²) < 4.78 is 7.00. The normalized spacial score (nSPS) is 17.5. The van der Waals surface area contributed by atoms with Gasteiger partial charge in [-0.25, -0.2) is 4.79 Å². The van der Waals surface area contributed by atoms with Gasteiger partial charge in [0.25, 0.3) is 0 Å².